The molecule has 0 spiro atoms. The summed E-state index contributed by atoms with van der Waals surface area (Å²) in [5.41, 5.74) is 7.57. The molecule has 0 aliphatic heterocycles. The lowest BCUT2D eigenvalue weighted by Gasteiger charge is -2.23. The third-order valence-electron chi connectivity index (χ3n) is 2.90. The van der Waals surface area contributed by atoms with Crippen LogP contribution in [0, 0.1) is 12.7 Å². The number of anilines is 1. The van der Waals surface area contributed by atoms with Crippen molar-refractivity contribution < 1.29 is 4.39 Å². The molecular weight excluding hydrogens is 215 g/mol. The lowest BCUT2D eigenvalue weighted by molar-refractivity contribution is 0.460. The number of aryl methyl sites for hydroxylation is 1. The van der Waals surface area contributed by atoms with Crippen LogP contribution in [0.1, 0.15) is 32.3 Å². The highest BCUT2D eigenvalue weighted by Crippen LogP contribution is 2.18. The van der Waals surface area contributed by atoms with Gasteiger partial charge in [0.15, 0.2) is 0 Å². The third-order valence-corrected chi connectivity index (χ3v) is 2.90. The van der Waals surface area contributed by atoms with Gasteiger partial charge in [0.1, 0.15) is 5.82 Å². The van der Waals surface area contributed by atoms with Crippen molar-refractivity contribution in [3.8, 4) is 0 Å². The number of halogens is 1. The SMILES string of the molecule is Cc1cc(N(C)CCCC(C)(C)N)ccc1F. The minimum Gasteiger partial charge on any atom is -0.375 e. The summed E-state index contributed by atoms with van der Waals surface area (Å²) in [6.45, 7) is 6.80. The third kappa shape index (κ3) is 4.73. The highest BCUT2D eigenvalue weighted by molar-refractivity contribution is 5.47. The largest absolute Gasteiger partial charge is 0.375 e. The van der Waals surface area contributed by atoms with Crippen LogP contribution in [0.2, 0.25) is 0 Å². The van der Waals surface area contributed by atoms with Gasteiger partial charge in [0, 0.05) is 24.8 Å². The van der Waals surface area contributed by atoms with Crippen LogP contribution in [0.15, 0.2) is 18.2 Å². The molecule has 2 nitrogen and oxygen atoms in total. The average Bonchev–Trinajstić information content (AvgIpc) is 2.20. The minimum absolute atomic E-state index is 0.112. The van der Waals surface area contributed by atoms with Crippen LogP contribution in [0.5, 0.6) is 0 Å². The molecule has 0 saturated heterocycles. The maximum Gasteiger partial charge on any atom is 0.126 e. The van der Waals surface area contributed by atoms with E-state index < -0.39 is 0 Å². The summed E-state index contributed by atoms with van der Waals surface area (Å²) in [5.74, 6) is -0.148. The van der Waals surface area contributed by atoms with Crippen molar-refractivity contribution in [2.75, 3.05) is 18.5 Å². The molecule has 0 aliphatic carbocycles. The van der Waals surface area contributed by atoms with E-state index in [0.29, 0.717) is 5.56 Å². The lowest BCUT2D eigenvalue weighted by Crippen LogP contribution is -2.33. The number of hydrogen-bond acceptors (Lipinski definition) is 2. The summed E-state index contributed by atoms with van der Waals surface area (Å²) in [5, 5.41) is 0. The first-order valence-corrected chi connectivity index (χ1v) is 6.06. The van der Waals surface area contributed by atoms with Crippen molar-refractivity contribution in [3.63, 3.8) is 0 Å². The van der Waals surface area contributed by atoms with Gasteiger partial charge in [-0.25, -0.2) is 4.39 Å². The van der Waals surface area contributed by atoms with E-state index in [-0.39, 0.29) is 11.4 Å². The van der Waals surface area contributed by atoms with Gasteiger partial charge in [-0.15, -0.1) is 0 Å². The Labute approximate surface area is 104 Å². The Balaban J connectivity index is 2.52. The van der Waals surface area contributed by atoms with Crippen molar-refractivity contribution in [1.29, 1.82) is 0 Å². The lowest BCUT2D eigenvalue weighted by atomic mass is 10.00. The van der Waals surface area contributed by atoms with Crippen molar-refractivity contribution in [1.82, 2.24) is 0 Å². The van der Waals surface area contributed by atoms with E-state index in [9.17, 15) is 4.39 Å². The van der Waals surface area contributed by atoms with Crippen LogP contribution < -0.4 is 10.6 Å². The summed E-state index contributed by atoms with van der Waals surface area (Å²) >= 11 is 0. The Morgan fingerprint density at radius 1 is 1.35 bits per heavy atom. The van der Waals surface area contributed by atoms with E-state index in [4.69, 9.17) is 5.73 Å². The van der Waals surface area contributed by atoms with Crippen molar-refractivity contribution in [2.24, 2.45) is 5.73 Å². The van der Waals surface area contributed by atoms with E-state index in [1.54, 1.807) is 6.92 Å². The summed E-state index contributed by atoms with van der Waals surface area (Å²) in [6, 6.07) is 5.22. The molecule has 0 amide bonds. The molecular formula is C14H23FN2. The van der Waals surface area contributed by atoms with Crippen LogP contribution in [0.3, 0.4) is 0 Å². The van der Waals surface area contributed by atoms with Gasteiger partial charge in [0.2, 0.25) is 0 Å². The van der Waals surface area contributed by atoms with Gasteiger partial charge in [0.05, 0.1) is 0 Å². The van der Waals surface area contributed by atoms with Gasteiger partial charge in [0.25, 0.3) is 0 Å². The fourth-order valence-electron chi connectivity index (χ4n) is 1.77. The number of nitrogens with two attached hydrogens (primary N) is 1. The highest BCUT2D eigenvalue weighted by Gasteiger charge is 2.11. The Hall–Kier alpha value is -1.09. The molecule has 0 saturated carbocycles. The van der Waals surface area contributed by atoms with E-state index >= 15 is 0 Å². The molecule has 0 bridgehead atoms. The van der Waals surface area contributed by atoms with Gasteiger partial charge >= 0.3 is 0 Å². The van der Waals surface area contributed by atoms with E-state index in [2.05, 4.69) is 4.90 Å². The Kier molecular flexibility index (Phi) is 4.52. The maximum atomic E-state index is 13.1. The van der Waals surface area contributed by atoms with Crippen LogP contribution in [-0.4, -0.2) is 19.1 Å². The standard InChI is InChI=1S/C14H23FN2/c1-11-10-12(6-7-13(11)15)17(4)9-5-8-14(2,3)16/h6-7,10H,5,8-9,16H2,1-4H3. The fraction of sp³-hybridized carbons (Fsp3) is 0.571. The normalized spacial score (nSPS) is 11.6. The smallest absolute Gasteiger partial charge is 0.126 e. The number of nitrogens with zero attached hydrogens (tertiary/aromatic N) is 1. The molecule has 1 aromatic rings. The summed E-state index contributed by atoms with van der Waals surface area (Å²) in [7, 11) is 2.02. The zero-order chi connectivity index (χ0) is 13.1. The molecule has 1 aromatic carbocycles. The number of hydrogen-bond donors (Lipinski definition) is 1. The van der Waals surface area contributed by atoms with Crippen molar-refractivity contribution in [2.45, 2.75) is 39.2 Å². The van der Waals surface area contributed by atoms with Crippen LogP contribution >= 0.6 is 0 Å². The van der Waals surface area contributed by atoms with Gasteiger partial charge in [-0.3, -0.25) is 0 Å². The van der Waals surface area contributed by atoms with Crippen LogP contribution in [0.4, 0.5) is 10.1 Å². The second kappa shape index (κ2) is 5.50. The molecule has 0 aromatic heterocycles. The molecule has 0 aliphatic rings. The zero-order valence-electron chi connectivity index (χ0n) is 11.3. The summed E-state index contributed by atoms with van der Waals surface area (Å²) < 4.78 is 13.1. The molecule has 1 rings (SSSR count). The van der Waals surface area contributed by atoms with Crippen LogP contribution in [0.25, 0.3) is 0 Å². The zero-order valence-corrected chi connectivity index (χ0v) is 11.3. The average molecular weight is 238 g/mol. The van der Waals surface area contributed by atoms with Gasteiger partial charge < -0.3 is 10.6 Å². The highest BCUT2D eigenvalue weighted by atomic mass is 19.1. The first-order chi connectivity index (χ1) is 7.79. The molecule has 0 fully saturated rings. The van der Waals surface area contributed by atoms with E-state index in [0.717, 1.165) is 25.1 Å². The molecule has 0 unspecified atom stereocenters. The molecule has 17 heavy (non-hydrogen) atoms. The fourth-order valence-corrected chi connectivity index (χ4v) is 1.77. The van der Waals surface area contributed by atoms with E-state index in [1.165, 1.54) is 6.07 Å². The summed E-state index contributed by atoms with van der Waals surface area (Å²) in [6.07, 6.45) is 2.02. The predicted molar refractivity (Wildman–Crippen MR) is 71.9 cm³/mol. The van der Waals surface area contributed by atoms with Crippen LogP contribution in [-0.2, 0) is 0 Å². The first kappa shape index (κ1) is 14.0. The van der Waals surface area contributed by atoms with E-state index in [1.807, 2.05) is 33.0 Å². The number of rotatable bonds is 5. The Morgan fingerprint density at radius 3 is 2.53 bits per heavy atom. The van der Waals surface area contributed by atoms with Gasteiger partial charge in [-0.05, 0) is 57.4 Å². The molecule has 0 heterocycles. The molecule has 96 valence electrons. The monoisotopic (exact) mass is 238 g/mol. The second-order valence-corrected chi connectivity index (χ2v) is 5.45. The summed E-state index contributed by atoms with van der Waals surface area (Å²) in [4.78, 5) is 2.14. The van der Waals surface area contributed by atoms with Crippen molar-refractivity contribution >= 4 is 5.69 Å². The van der Waals surface area contributed by atoms with Gasteiger partial charge in [-0.1, -0.05) is 0 Å². The Bertz CT molecular complexity index is 369. The topological polar surface area (TPSA) is 29.3 Å². The molecule has 3 heteroatoms. The maximum absolute atomic E-state index is 13.1. The second-order valence-electron chi connectivity index (χ2n) is 5.45. The first-order valence-electron chi connectivity index (χ1n) is 6.06. The van der Waals surface area contributed by atoms with Gasteiger partial charge in [-0.2, -0.15) is 0 Å². The molecule has 2 N–H and O–H groups in total. The van der Waals surface area contributed by atoms with Crippen molar-refractivity contribution in [3.05, 3.63) is 29.6 Å². The Morgan fingerprint density at radius 2 is 2.00 bits per heavy atom. The minimum atomic E-state index is -0.148. The molecule has 0 atom stereocenters. The molecule has 0 radical (unpaired) electrons. The quantitative estimate of drug-likeness (QED) is 0.854. The number of benzene rings is 1. The predicted octanol–water partition coefficient (Wildman–Crippen LogP) is 3.09.